The first-order chi connectivity index (χ1) is 11.9. The van der Waals surface area contributed by atoms with Crippen molar-refractivity contribution >= 4 is 22.9 Å². The largest absolute Gasteiger partial charge is 0.485 e. The zero-order valence-corrected chi connectivity index (χ0v) is 13.3. The van der Waals surface area contributed by atoms with Crippen molar-refractivity contribution in [3.05, 3.63) is 38.5 Å². The number of aromatic nitrogens is 1. The Kier molecular flexibility index (Phi) is 3.28. The Balaban J connectivity index is 2.29. The van der Waals surface area contributed by atoms with Gasteiger partial charge >= 0.3 is 0 Å². The number of fused-ring (bicyclic) bond motifs is 1. The summed E-state index contributed by atoms with van der Waals surface area (Å²) in [6, 6.07) is 0. The molecule has 1 atom stereocenters. The molecule has 2 aliphatic rings. The number of ether oxygens (including phenoxy) is 1. The van der Waals surface area contributed by atoms with E-state index in [0.717, 1.165) is 19.3 Å². The molecule has 0 saturated heterocycles. The third kappa shape index (κ3) is 1.93. The minimum absolute atomic E-state index is 0.00634. The molecule has 1 spiro atoms. The molecule has 1 saturated carbocycles. The fraction of sp³-hybridized carbons (Fsp3) is 0.412. The second-order valence-electron chi connectivity index (χ2n) is 6.73. The monoisotopic (exact) mass is 348 g/mol. The molecule has 0 N–H and O–H groups in total. The number of rotatable bonds is 2. The van der Waals surface area contributed by atoms with Gasteiger partial charge < -0.3 is 9.30 Å². The average molecular weight is 348 g/mol. The molecule has 1 aromatic carbocycles. The second kappa shape index (κ2) is 5.18. The Labute approximate surface area is 140 Å². The summed E-state index contributed by atoms with van der Waals surface area (Å²) < 4.78 is 36.1. The average Bonchev–Trinajstić information content (AvgIpc) is 2.69. The molecule has 1 fully saturated rings. The van der Waals surface area contributed by atoms with E-state index in [1.165, 1.54) is 6.20 Å². The topological polar surface area (TPSA) is 77.7 Å². The van der Waals surface area contributed by atoms with Crippen LogP contribution in [0, 0.1) is 16.5 Å². The number of nitrogens with zero attached hydrogens (tertiary/aromatic N) is 2. The molecule has 2 aromatic rings. The van der Waals surface area contributed by atoms with Crippen LogP contribution in [-0.2, 0) is 5.54 Å². The molecule has 130 valence electrons. The Morgan fingerprint density at radius 2 is 2.08 bits per heavy atom. The zero-order valence-electron chi connectivity index (χ0n) is 13.3. The molecule has 0 amide bonds. The van der Waals surface area contributed by atoms with E-state index in [2.05, 4.69) is 5.18 Å². The molecular formula is C17H14F2N2O4. The summed E-state index contributed by atoms with van der Waals surface area (Å²) in [5.41, 5.74) is -2.47. The van der Waals surface area contributed by atoms with Crippen LogP contribution in [0.2, 0.25) is 0 Å². The number of carbonyl (C=O) groups is 1. The highest BCUT2D eigenvalue weighted by Crippen LogP contribution is 2.50. The molecule has 1 aromatic heterocycles. The molecular weight excluding hydrogens is 334 g/mol. The minimum Gasteiger partial charge on any atom is -0.485 e. The maximum absolute atomic E-state index is 14.6. The van der Waals surface area contributed by atoms with Crippen molar-refractivity contribution in [3.8, 4) is 5.75 Å². The van der Waals surface area contributed by atoms with Crippen LogP contribution in [0.15, 0.2) is 16.2 Å². The summed E-state index contributed by atoms with van der Waals surface area (Å²) in [6.45, 7) is 1.74. The van der Waals surface area contributed by atoms with Crippen LogP contribution < -0.4 is 10.2 Å². The number of hydrogen-bond donors (Lipinski definition) is 0. The fourth-order valence-corrected chi connectivity index (χ4v) is 4.05. The van der Waals surface area contributed by atoms with Gasteiger partial charge in [-0.2, -0.15) is 4.39 Å². The van der Waals surface area contributed by atoms with Crippen molar-refractivity contribution in [2.75, 3.05) is 0 Å². The van der Waals surface area contributed by atoms with Gasteiger partial charge in [0.2, 0.25) is 11.2 Å². The summed E-state index contributed by atoms with van der Waals surface area (Å²) in [5, 5.41) is 2.12. The van der Waals surface area contributed by atoms with E-state index in [0.29, 0.717) is 12.7 Å². The first kappa shape index (κ1) is 15.9. The first-order valence-electron chi connectivity index (χ1n) is 7.99. The normalized spacial score (nSPS) is 20.7. The van der Waals surface area contributed by atoms with Crippen LogP contribution >= 0.6 is 0 Å². The van der Waals surface area contributed by atoms with Gasteiger partial charge in [-0.25, -0.2) is 4.39 Å². The third-order valence-electron chi connectivity index (χ3n) is 5.29. The lowest BCUT2D eigenvalue weighted by Crippen LogP contribution is -2.43. The predicted octanol–water partition coefficient (Wildman–Crippen LogP) is 3.54. The van der Waals surface area contributed by atoms with Crippen molar-refractivity contribution in [1.82, 2.24) is 4.57 Å². The van der Waals surface area contributed by atoms with Crippen molar-refractivity contribution in [1.29, 1.82) is 0 Å². The second-order valence-corrected chi connectivity index (χ2v) is 6.73. The van der Waals surface area contributed by atoms with Crippen LogP contribution in [0.25, 0.3) is 10.9 Å². The van der Waals surface area contributed by atoms with Crippen molar-refractivity contribution < 1.29 is 18.3 Å². The highest BCUT2D eigenvalue weighted by molar-refractivity contribution is 5.98. The van der Waals surface area contributed by atoms with Gasteiger partial charge in [-0.1, -0.05) is 0 Å². The highest BCUT2D eigenvalue weighted by Gasteiger charge is 2.44. The van der Waals surface area contributed by atoms with E-state index in [9.17, 15) is 23.3 Å². The molecule has 0 bridgehead atoms. The summed E-state index contributed by atoms with van der Waals surface area (Å²) in [4.78, 5) is 35.0. The molecule has 0 radical (unpaired) electrons. The number of benzene rings is 1. The van der Waals surface area contributed by atoms with Gasteiger partial charge in [-0.05, 0) is 31.4 Å². The maximum Gasteiger partial charge on any atom is 0.205 e. The van der Waals surface area contributed by atoms with Crippen molar-refractivity contribution in [3.63, 3.8) is 0 Å². The smallest absolute Gasteiger partial charge is 0.205 e. The SMILES string of the molecule is CC1CC2(CCC2)n2cc(C=O)c(=O)c3c(N=O)c(F)c(F)c(c32)O1. The quantitative estimate of drug-likeness (QED) is 0.614. The molecule has 25 heavy (non-hydrogen) atoms. The lowest BCUT2D eigenvalue weighted by molar-refractivity contribution is 0.0819. The molecule has 1 unspecified atom stereocenters. The Morgan fingerprint density at radius 3 is 2.64 bits per heavy atom. The molecule has 1 aliphatic carbocycles. The molecule has 6 nitrogen and oxygen atoms in total. The summed E-state index contributed by atoms with van der Waals surface area (Å²) >= 11 is 0. The van der Waals surface area contributed by atoms with E-state index < -0.39 is 45.5 Å². The standard InChI is InChI=1S/C17H14F2N2O4/c1-8-5-17(3-2-4-17)21-6-9(7-22)15(23)10-13(20-24)11(18)12(19)16(25-8)14(10)21/h6-8H,2-5H2,1H3. The number of nitroso groups, excluding NO2 is 1. The number of aldehydes is 1. The predicted molar refractivity (Wildman–Crippen MR) is 85.5 cm³/mol. The Hall–Kier alpha value is -2.64. The molecule has 4 rings (SSSR count). The van der Waals surface area contributed by atoms with Gasteiger partial charge in [-0.3, -0.25) is 9.59 Å². The van der Waals surface area contributed by atoms with E-state index in [4.69, 9.17) is 4.74 Å². The van der Waals surface area contributed by atoms with Crippen molar-refractivity contribution in [2.24, 2.45) is 5.18 Å². The third-order valence-corrected chi connectivity index (χ3v) is 5.29. The van der Waals surface area contributed by atoms with Gasteiger partial charge in [0.25, 0.3) is 0 Å². The van der Waals surface area contributed by atoms with Gasteiger partial charge in [0, 0.05) is 18.2 Å². The van der Waals surface area contributed by atoms with Gasteiger partial charge in [0.15, 0.2) is 23.5 Å². The van der Waals surface area contributed by atoms with Crippen LogP contribution in [0.4, 0.5) is 14.5 Å². The van der Waals surface area contributed by atoms with Crippen LogP contribution in [-0.4, -0.2) is 17.0 Å². The van der Waals surface area contributed by atoms with E-state index in [1.807, 2.05) is 0 Å². The lowest BCUT2D eigenvalue weighted by atomic mass is 9.72. The van der Waals surface area contributed by atoms with Crippen LogP contribution in [0.3, 0.4) is 0 Å². The number of hydrogen-bond acceptors (Lipinski definition) is 5. The lowest BCUT2D eigenvalue weighted by Gasteiger charge is -2.44. The van der Waals surface area contributed by atoms with E-state index in [1.54, 1.807) is 11.5 Å². The van der Waals surface area contributed by atoms with E-state index in [-0.39, 0.29) is 11.1 Å². The van der Waals surface area contributed by atoms with Crippen LogP contribution in [0.1, 0.15) is 43.0 Å². The number of halogens is 2. The van der Waals surface area contributed by atoms with Crippen molar-refractivity contribution in [2.45, 2.75) is 44.2 Å². The van der Waals surface area contributed by atoms with E-state index >= 15 is 0 Å². The summed E-state index contributed by atoms with van der Waals surface area (Å²) in [7, 11) is 0. The highest BCUT2D eigenvalue weighted by atomic mass is 19.2. The fourth-order valence-electron chi connectivity index (χ4n) is 4.05. The zero-order chi connectivity index (χ0) is 17.9. The Morgan fingerprint density at radius 1 is 1.36 bits per heavy atom. The molecule has 2 heterocycles. The van der Waals surface area contributed by atoms with Crippen LogP contribution in [0.5, 0.6) is 5.75 Å². The minimum atomic E-state index is -1.54. The summed E-state index contributed by atoms with van der Waals surface area (Å²) in [5.74, 6) is -3.30. The first-order valence-corrected chi connectivity index (χ1v) is 7.99. The molecule has 1 aliphatic heterocycles. The number of pyridine rings is 1. The number of carbonyl (C=O) groups excluding carboxylic acids is 1. The molecule has 8 heteroatoms. The van der Waals surface area contributed by atoms with Gasteiger partial charge in [0.1, 0.15) is 5.52 Å². The van der Waals surface area contributed by atoms with Gasteiger partial charge in [-0.15, -0.1) is 4.91 Å². The van der Waals surface area contributed by atoms with Gasteiger partial charge in [0.05, 0.1) is 17.1 Å². The maximum atomic E-state index is 14.6. The summed E-state index contributed by atoms with van der Waals surface area (Å²) in [6.07, 6.45) is 4.22. The Bertz CT molecular complexity index is 995.